The minimum atomic E-state index is -1.20. The normalized spacial score (nSPS) is 13.4. The fourth-order valence-electron chi connectivity index (χ4n) is 4.17. The van der Waals surface area contributed by atoms with Crippen molar-refractivity contribution in [3.05, 3.63) is 76.4 Å². The summed E-state index contributed by atoms with van der Waals surface area (Å²) in [5, 5.41) is 20.8. The molecule has 7 amide bonds. The maximum Gasteiger partial charge on any atom is 0.514 e. The average Bonchev–Trinajstić information content (AvgIpc) is 3.34. The molecule has 3 rings (SSSR count). The molecule has 0 saturated carbocycles. The number of hydrogen-bond donors (Lipinski definition) is 5. The second-order valence-corrected chi connectivity index (χ2v) is 10.6. The Hall–Kier alpha value is -6.33. The predicted molar refractivity (Wildman–Crippen MR) is 166 cm³/mol. The van der Waals surface area contributed by atoms with Crippen molar-refractivity contribution < 1.29 is 48.0 Å². The van der Waals surface area contributed by atoms with Gasteiger partial charge < -0.3 is 36.5 Å². The molecule has 0 unspecified atom stereocenters. The summed E-state index contributed by atoms with van der Waals surface area (Å²) in [7, 11) is 0. The number of non-ortho nitro benzene ring substituents is 1. The molecule has 0 fully saturated rings. The van der Waals surface area contributed by atoms with E-state index in [9.17, 15) is 43.7 Å². The number of imide groups is 1. The van der Waals surface area contributed by atoms with Gasteiger partial charge in [0.05, 0.1) is 4.92 Å². The van der Waals surface area contributed by atoms with E-state index in [0.717, 1.165) is 12.2 Å². The van der Waals surface area contributed by atoms with Gasteiger partial charge in [-0.15, -0.1) is 0 Å². The molecule has 1 aliphatic heterocycles. The molecule has 0 aromatic heterocycles. The van der Waals surface area contributed by atoms with Crippen LogP contribution in [0.15, 0.2) is 60.7 Å². The van der Waals surface area contributed by atoms with Gasteiger partial charge in [-0.1, -0.05) is 26.0 Å². The fraction of sp³-hybridized carbons (Fsp3) is 0.300. The highest BCUT2D eigenvalue weighted by atomic mass is 16.7. The fourth-order valence-corrected chi connectivity index (χ4v) is 4.17. The van der Waals surface area contributed by atoms with E-state index in [1.54, 1.807) is 26.0 Å². The first-order valence-electron chi connectivity index (χ1n) is 14.4. The summed E-state index contributed by atoms with van der Waals surface area (Å²) in [6.45, 7) is 2.40. The number of urea groups is 1. The van der Waals surface area contributed by atoms with Crippen molar-refractivity contribution in [2.75, 3.05) is 18.4 Å². The Morgan fingerprint density at radius 2 is 1.54 bits per heavy atom. The minimum absolute atomic E-state index is 0.0473. The van der Waals surface area contributed by atoms with Crippen LogP contribution < -0.4 is 31.7 Å². The summed E-state index contributed by atoms with van der Waals surface area (Å²) in [5.74, 6) is -3.92. The van der Waals surface area contributed by atoms with E-state index in [1.807, 2.05) is 0 Å². The summed E-state index contributed by atoms with van der Waals surface area (Å²) >= 11 is 0. The highest BCUT2D eigenvalue weighted by Crippen LogP contribution is 2.18. The van der Waals surface area contributed by atoms with E-state index in [4.69, 9.17) is 15.2 Å². The van der Waals surface area contributed by atoms with E-state index < -0.39 is 71.2 Å². The number of anilines is 1. The van der Waals surface area contributed by atoms with Crippen molar-refractivity contribution in [2.45, 2.75) is 39.0 Å². The molecule has 2 atom stereocenters. The van der Waals surface area contributed by atoms with Crippen LogP contribution in [0.2, 0.25) is 0 Å². The van der Waals surface area contributed by atoms with Gasteiger partial charge in [-0.2, -0.15) is 0 Å². The summed E-state index contributed by atoms with van der Waals surface area (Å²) in [5.41, 5.74) is 5.77. The summed E-state index contributed by atoms with van der Waals surface area (Å²) in [6, 6.07) is 7.74. The third-order valence-electron chi connectivity index (χ3n) is 6.66. The highest BCUT2D eigenvalue weighted by Gasteiger charge is 2.31. The number of amides is 7. The third-order valence-corrected chi connectivity index (χ3v) is 6.66. The molecule has 2 aromatic carbocycles. The number of nitrogens with two attached hydrogens (primary N) is 1. The van der Waals surface area contributed by atoms with Crippen molar-refractivity contribution >= 4 is 53.1 Å². The second-order valence-electron chi connectivity index (χ2n) is 10.6. The van der Waals surface area contributed by atoms with Crippen molar-refractivity contribution in [1.29, 1.82) is 0 Å². The Morgan fingerprint density at radius 3 is 2.10 bits per heavy atom. The van der Waals surface area contributed by atoms with Crippen LogP contribution in [0.25, 0.3) is 0 Å². The zero-order chi connectivity index (χ0) is 35.4. The number of nitrogens with one attached hydrogen (secondary N) is 4. The van der Waals surface area contributed by atoms with Gasteiger partial charge in [0.1, 0.15) is 31.0 Å². The van der Waals surface area contributed by atoms with Crippen LogP contribution >= 0.6 is 0 Å². The van der Waals surface area contributed by atoms with Gasteiger partial charge in [0.15, 0.2) is 0 Å². The van der Waals surface area contributed by atoms with Gasteiger partial charge in [0.2, 0.25) is 17.7 Å². The van der Waals surface area contributed by atoms with Gasteiger partial charge in [-0.3, -0.25) is 39.0 Å². The van der Waals surface area contributed by atoms with Crippen LogP contribution in [-0.2, 0) is 35.3 Å². The second kappa shape index (κ2) is 16.8. The Bertz CT molecular complexity index is 1570. The lowest BCUT2D eigenvalue weighted by Gasteiger charge is -2.26. The lowest BCUT2D eigenvalue weighted by Crippen LogP contribution is -2.56. The van der Waals surface area contributed by atoms with Crippen LogP contribution in [0.3, 0.4) is 0 Å². The molecule has 0 radical (unpaired) electrons. The lowest BCUT2D eigenvalue weighted by atomic mass is 10.0. The maximum atomic E-state index is 13.2. The van der Waals surface area contributed by atoms with Crippen LogP contribution in [0.1, 0.15) is 25.8 Å². The SMILES string of the molecule is CC(C)[C@H](NC(=O)CN1C(=O)C=CC1=O)C(=O)N[C@@H](CCNC(N)=O)C(=O)Nc1ccc(COC(=O)Oc2ccc([N+](=O)[O-])cc2)cc1. The standard InChI is InChI=1S/C30H33N7O11/c1-17(2)26(35-23(38)15-36-24(39)11-12-25(36)40)28(42)34-22(13-14-32-29(31)43)27(41)33-19-5-3-18(4-6-19)16-47-30(44)48-21-9-7-20(8-10-21)37(45)46/h3-12,17,22,26H,13-16H2,1-2H3,(H,33,41)(H,34,42)(H,35,38)(H3,31,32,43)/t22-,26-/m0/s1. The van der Waals surface area contributed by atoms with E-state index >= 15 is 0 Å². The lowest BCUT2D eigenvalue weighted by molar-refractivity contribution is -0.384. The van der Waals surface area contributed by atoms with E-state index in [1.165, 1.54) is 36.4 Å². The molecule has 18 heteroatoms. The molecule has 0 saturated heterocycles. The summed E-state index contributed by atoms with van der Waals surface area (Å²) in [4.78, 5) is 96.6. The smallest absolute Gasteiger partial charge is 0.429 e. The van der Waals surface area contributed by atoms with Crippen LogP contribution in [0, 0.1) is 16.0 Å². The number of primary amides is 1. The predicted octanol–water partition coefficient (Wildman–Crippen LogP) is 0.858. The molecule has 48 heavy (non-hydrogen) atoms. The summed E-state index contributed by atoms with van der Waals surface area (Å²) in [6.07, 6.45) is 0.922. The Labute approximate surface area is 273 Å². The van der Waals surface area contributed by atoms with Gasteiger partial charge in [0, 0.05) is 36.5 Å². The first kappa shape index (κ1) is 36.1. The van der Waals surface area contributed by atoms with Crippen LogP contribution in [-0.4, -0.2) is 76.7 Å². The zero-order valence-electron chi connectivity index (χ0n) is 25.8. The quantitative estimate of drug-likeness (QED) is 0.0585. The van der Waals surface area contributed by atoms with Crippen molar-refractivity contribution in [3.63, 3.8) is 0 Å². The molecule has 0 bridgehead atoms. The van der Waals surface area contributed by atoms with Crippen LogP contribution in [0.5, 0.6) is 5.75 Å². The summed E-state index contributed by atoms with van der Waals surface area (Å²) < 4.78 is 10.0. The molecule has 2 aromatic rings. The topological polar surface area (TPSA) is 258 Å². The van der Waals surface area contributed by atoms with Gasteiger partial charge in [-0.05, 0) is 42.2 Å². The van der Waals surface area contributed by atoms with Crippen molar-refractivity contribution in [1.82, 2.24) is 20.9 Å². The molecule has 254 valence electrons. The maximum absolute atomic E-state index is 13.2. The van der Waals surface area contributed by atoms with E-state index in [0.29, 0.717) is 16.2 Å². The number of nitrogens with zero attached hydrogens (tertiary/aromatic N) is 2. The molecular formula is C30H33N7O11. The van der Waals surface area contributed by atoms with Crippen LogP contribution in [0.4, 0.5) is 21.0 Å². The minimum Gasteiger partial charge on any atom is -0.429 e. The number of ether oxygens (including phenoxy) is 2. The Kier molecular flexibility index (Phi) is 12.7. The Morgan fingerprint density at radius 1 is 0.917 bits per heavy atom. The number of carbonyl (C=O) groups excluding carboxylic acids is 7. The molecular weight excluding hydrogens is 634 g/mol. The monoisotopic (exact) mass is 667 g/mol. The van der Waals surface area contributed by atoms with Gasteiger partial charge in [0.25, 0.3) is 17.5 Å². The zero-order valence-corrected chi connectivity index (χ0v) is 25.8. The number of nitro groups is 1. The van der Waals surface area contributed by atoms with Crippen molar-refractivity contribution in [2.24, 2.45) is 11.7 Å². The number of rotatable bonds is 15. The van der Waals surface area contributed by atoms with Crippen molar-refractivity contribution in [3.8, 4) is 5.75 Å². The molecule has 0 aliphatic carbocycles. The number of hydrogen-bond acceptors (Lipinski definition) is 11. The Balaban J connectivity index is 1.58. The number of nitro benzene ring substituents is 1. The first-order chi connectivity index (χ1) is 22.7. The van der Waals surface area contributed by atoms with Gasteiger partial charge in [-0.25, -0.2) is 9.59 Å². The number of benzene rings is 2. The first-order valence-corrected chi connectivity index (χ1v) is 14.4. The van der Waals surface area contributed by atoms with E-state index in [-0.39, 0.29) is 31.0 Å². The highest BCUT2D eigenvalue weighted by molar-refractivity contribution is 6.14. The molecule has 6 N–H and O–H groups in total. The molecule has 18 nitrogen and oxygen atoms in total. The van der Waals surface area contributed by atoms with Gasteiger partial charge >= 0.3 is 12.2 Å². The third kappa shape index (κ3) is 10.9. The molecule has 0 spiro atoms. The average molecular weight is 668 g/mol. The molecule has 1 heterocycles. The van der Waals surface area contributed by atoms with E-state index in [2.05, 4.69) is 21.3 Å². The molecule has 1 aliphatic rings. The largest absolute Gasteiger partial charge is 0.514 e. The number of carbonyl (C=O) groups is 7.